The maximum Gasteiger partial charge on any atom is 0.361 e. The zero-order chi connectivity index (χ0) is 12.5. The largest absolute Gasteiger partial charge is 0.455 e. The highest BCUT2D eigenvalue weighted by Crippen LogP contribution is 2.24. The van der Waals surface area contributed by atoms with E-state index in [1.54, 1.807) is 0 Å². The van der Waals surface area contributed by atoms with Gasteiger partial charge in [0.05, 0.1) is 6.04 Å². The number of ether oxygens (including phenoxy) is 1. The van der Waals surface area contributed by atoms with Crippen LogP contribution < -0.4 is 5.32 Å². The van der Waals surface area contributed by atoms with Crippen molar-refractivity contribution in [1.82, 2.24) is 20.7 Å². The van der Waals surface area contributed by atoms with Crippen LogP contribution in [0.25, 0.3) is 0 Å². The van der Waals surface area contributed by atoms with Crippen LogP contribution >= 0.6 is 0 Å². The van der Waals surface area contributed by atoms with E-state index in [2.05, 4.69) is 20.7 Å². The molecule has 6 nitrogen and oxygen atoms in total. The molecule has 1 aromatic rings. The summed E-state index contributed by atoms with van der Waals surface area (Å²) in [6, 6.07) is 0.108. The lowest BCUT2D eigenvalue weighted by atomic mass is 10.1. The second-order valence-corrected chi connectivity index (χ2v) is 5.21. The zero-order valence-corrected chi connectivity index (χ0v) is 10.4. The van der Waals surface area contributed by atoms with Gasteiger partial charge in [0.15, 0.2) is 5.69 Å². The summed E-state index contributed by atoms with van der Waals surface area (Å²) in [7, 11) is 0. The molecule has 6 heteroatoms. The third-order valence-corrected chi connectivity index (χ3v) is 2.56. The Balaban J connectivity index is 2.15. The monoisotopic (exact) mass is 238 g/mol. The van der Waals surface area contributed by atoms with Gasteiger partial charge in [-0.05, 0) is 40.2 Å². The normalized spacial score (nSPS) is 20.5. The molecule has 2 N–H and O–H groups in total. The Morgan fingerprint density at radius 1 is 1.41 bits per heavy atom. The fraction of sp³-hybridized carbons (Fsp3) is 0.727. The number of rotatable bonds is 2. The van der Waals surface area contributed by atoms with Gasteiger partial charge in [-0.15, -0.1) is 5.10 Å². The molecule has 2 heterocycles. The molecule has 0 aromatic carbocycles. The molecule has 0 aliphatic carbocycles. The lowest BCUT2D eigenvalue weighted by Crippen LogP contribution is -2.26. The summed E-state index contributed by atoms with van der Waals surface area (Å²) in [5.74, 6) is -0.421. The van der Waals surface area contributed by atoms with Gasteiger partial charge in [-0.1, -0.05) is 0 Å². The van der Waals surface area contributed by atoms with Crippen LogP contribution in [0.5, 0.6) is 0 Å². The van der Waals surface area contributed by atoms with E-state index in [9.17, 15) is 4.79 Å². The van der Waals surface area contributed by atoms with Crippen LogP contribution in [0, 0.1) is 0 Å². The summed E-state index contributed by atoms with van der Waals surface area (Å²) in [5, 5.41) is 13.7. The molecule has 1 aromatic heterocycles. The van der Waals surface area contributed by atoms with Gasteiger partial charge in [-0.25, -0.2) is 4.79 Å². The number of carbonyl (C=O) groups excluding carboxylic acids is 1. The number of esters is 1. The fourth-order valence-corrected chi connectivity index (χ4v) is 1.88. The molecule has 94 valence electrons. The minimum Gasteiger partial charge on any atom is -0.455 e. The molecule has 0 saturated carbocycles. The third kappa shape index (κ3) is 2.82. The summed E-state index contributed by atoms with van der Waals surface area (Å²) in [4.78, 5) is 11.9. The Bertz CT molecular complexity index is 402. The Morgan fingerprint density at radius 3 is 2.76 bits per heavy atom. The second kappa shape index (κ2) is 4.44. The molecule has 17 heavy (non-hydrogen) atoms. The lowest BCUT2D eigenvalue weighted by Gasteiger charge is -2.19. The summed E-state index contributed by atoms with van der Waals surface area (Å²) in [5.41, 5.74) is 0.437. The first kappa shape index (κ1) is 12.0. The summed E-state index contributed by atoms with van der Waals surface area (Å²) in [6.45, 7) is 6.45. The van der Waals surface area contributed by atoms with Crippen molar-refractivity contribution in [2.24, 2.45) is 0 Å². The SMILES string of the molecule is CC(C)(C)OC(=O)c1n[nH]nc1C1CCCN1. The molecule has 0 spiro atoms. The van der Waals surface area contributed by atoms with Crippen molar-refractivity contribution in [2.75, 3.05) is 6.54 Å². The molecule has 0 amide bonds. The molecular weight excluding hydrogens is 220 g/mol. The van der Waals surface area contributed by atoms with Gasteiger partial charge < -0.3 is 10.1 Å². The van der Waals surface area contributed by atoms with Crippen LogP contribution in [0.3, 0.4) is 0 Å². The van der Waals surface area contributed by atoms with E-state index in [4.69, 9.17) is 4.74 Å². The average Bonchev–Trinajstić information content (AvgIpc) is 2.85. The number of aromatic amines is 1. The van der Waals surface area contributed by atoms with Crippen LogP contribution in [0.4, 0.5) is 0 Å². The Morgan fingerprint density at radius 2 is 2.18 bits per heavy atom. The van der Waals surface area contributed by atoms with Crippen molar-refractivity contribution in [3.05, 3.63) is 11.4 Å². The van der Waals surface area contributed by atoms with Crippen LogP contribution in [0.15, 0.2) is 0 Å². The van der Waals surface area contributed by atoms with Crippen LogP contribution in [0.2, 0.25) is 0 Å². The molecule has 1 unspecified atom stereocenters. The van der Waals surface area contributed by atoms with Gasteiger partial charge in [-0.3, -0.25) is 0 Å². The fourth-order valence-electron chi connectivity index (χ4n) is 1.88. The highest BCUT2D eigenvalue weighted by Gasteiger charge is 2.29. The smallest absolute Gasteiger partial charge is 0.361 e. The van der Waals surface area contributed by atoms with Gasteiger partial charge in [0, 0.05) is 0 Å². The summed E-state index contributed by atoms with van der Waals surface area (Å²) in [6.07, 6.45) is 2.06. The lowest BCUT2D eigenvalue weighted by molar-refractivity contribution is 0.00608. The number of hydrogen-bond donors (Lipinski definition) is 2. The maximum absolute atomic E-state index is 11.9. The van der Waals surface area contributed by atoms with Gasteiger partial charge in [-0.2, -0.15) is 10.3 Å². The number of hydrogen-bond acceptors (Lipinski definition) is 5. The predicted octanol–water partition coefficient (Wildman–Crippen LogP) is 1.18. The summed E-state index contributed by atoms with van der Waals surface area (Å²) >= 11 is 0. The Labute approximate surface area is 100 Å². The maximum atomic E-state index is 11.9. The number of aromatic nitrogens is 3. The highest BCUT2D eigenvalue weighted by atomic mass is 16.6. The van der Waals surface area contributed by atoms with Crippen molar-refractivity contribution < 1.29 is 9.53 Å². The van der Waals surface area contributed by atoms with E-state index in [0.717, 1.165) is 19.4 Å². The minimum absolute atomic E-state index is 0.108. The molecule has 1 aliphatic rings. The zero-order valence-electron chi connectivity index (χ0n) is 10.4. The minimum atomic E-state index is -0.517. The van der Waals surface area contributed by atoms with E-state index in [1.165, 1.54) is 0 Å². The number of H-pyrrole nitrogens is 1. The van der Waals surface area contributed by atoms with E-state index in [-0.39, 0.29) is 6.04 Å². The summed E-state index contributed by atoms with van der Waals surface area (Å²) < 4.78 is 5.29. The van der Waals surface area contributed by atoms with E-state index >= 15 is 0 Å². The Hall–Kier alpha value is -1.43. The van der Waals surface area contributed by atoms with Crippen molar-refractivity contribution in [3.63, 3.8) is 0 Å². The van der Waals surface area contributed by atoms with E-state index in [1.807, 2.05) is 20.8 Å². The molecule has 1 fully saturated rings. The first-order valence-electron chi connectivity index (χ1n) is 5.85. The number of nitrogens with one attached hydrogen (secondary N) is 2. The van der Waals surface area contributed by atoms with E-state index in [0.29, 0.717) is 11.4 Å². The molecule has 0 bridgehead atoms. The quantitative estimate of drug-likeness (QED) is 0.756. The molecule has 2 rings (SSSR count). The highest BCUT2D eigenvalue weighted by molar-refractivity contribution is 5.88. The molecule has 1 aliphatic heterocycles. The number of carbonyl (C=O) groups is 1. The average molecular weight is 238 g/mol. The standard InChI is InChI=1S/C11H18N4O2/c1-11(2,3)17-10(16)9-8(13-15-14-9)7-5-4-6-12-7/h7,12H,4-6H2,1-3H3,(H,13,14,15). The van der Waals surface area contributed by atoms with Crippen molar-refractivity contribution >= 4 is 5.97 Å². The van der Waals surface area contributed by atoms with Gasteiger partial charge in [0.25, 0.3) is 0 Å². The van der Waals surface area contributed by atoms with Crippen LogP contribution in [-0.4, -0.2) is 33.5 Å². The van der Waals surface area contributed by atoms with E-state index < -0.39 is 11.6 Å². The van der Waals surface area contributed by atoms with Crippen LogP contribution in [0.1, 0.15) is 55.8 Å². The topological polar surface area (TPSA) is 79.9 Å². The Kier molecular flexibility index (Phi) is 3.15. The number of nitrogens with zero attached hydrogens (tertiary/aromatic N) is 2. The third-order valence-electron chi connectivity index (χ3n) is 2.56. The van der Waals surface area contributed by atoms with Gasteiger partial charge in [0.2, 0.25) is 0 Å². The predicted molar refractivity (Wildman–Crippen MR) is 61.5 cm³/mol. The van der Waals surface area contributed by atoms with Crippen molar-refractivity contribution in [2.45, 2.75) is 45.3 Å². The van der Waals surface area contributed by atoms with Crippen molar-refractivity contribution in [1.29, 1.82) is 0 Å². The van der Waals surface area contributed by atoms with Crippen molar-refractivity contribution in [3.8, 4) is 0 Å². The van der Waals surface area contributed by atoms with Crippen LogP contribution in [-0.2, 0) is 4.74 Å². The first-order chi connectivity index (χ1) is 7.97. The van der Waals surface area contributed by atoms with Gasteiger partial charge in [0.1, 0.15) is 11.3 Å². The molecule has 1 saturated heterocycles. The second-order valence-electron chi connectivity index (χ2n) is 5.21. The first-order valence-corrected chi connectivity index (χ1v) is 5.85. The molecule has 1 atom stereocenters. The van der Waals surface area contributed by atoms with Gasteiger partial charge >= 0.3 is 5.97 Å². The molecule has 0 radical (unpaired) electrons. The molecular formula is C11H18N4O2.